The zero-order valence-corrected chi connectivity index (χ0v) is 16.0. The summed E-state index contributed by atoms with van der Waals surface area (Å²) in [5, 5.41) is 5.51. The SMILES string of the molecule is CCc1nc2cc(CS(N)(=O)=O)c(Cl)cc2n1-c1ccc(CCN)cc1. The Kier molecular flexibility index (Phi) is 5.34. The van der Waals surface area contributed by atoms with Gasteiger partial charge in [-0.1, -0.05) is 30.7 Å². The van der Waals surface area contributed by atoms with Gasteiger partial charge >= 0.3 is 0 Å². The van der Waals surface area contributed by atoms with Crippen molar-refractivity contribution in [1.82, 2.24) is 9.55 Å². The van der Waals surface area contributed by atoms with E-state index in [0.29, 0.717) is 22.6 Å². The fraction of sp³-hybridized carbons (Fsp3) is 0.278. The Hall–Kier alpha value is -1.93. The maximum atomic E-state index is 11.4. The maximum Gasteiger partial charge on any atom is 0.213 e. The number of fused-ring (bicyclic) bond motifs is 1. The second-order valence-electron chi connectivity index (χ2n) is 6.16. The van der Waals surface area contributed by atoms with Crippen LogP contribution in [-0.4, -0.2) is 24.5 Å². The summed E-state index contributed by atoms with van der Waals surface area (Å²) in [6.07, 6.45) is 1.55. The topological polar surface area (TPSA) is 104 Å². The largest absolute Gasteiger partial charge is 0.330 e. The van der Waals surface area contributed by atoms with E-state index in [0.717, 1.165) is 29.9 Å². The van der Waals surface area contributed by atoms with E-state index in [1.165, 1.54) is 5.56 Å². The third kappa shape index (κ3) is 3.91. The van der Waals surface area contributed by atoms with Gasteiger partial charge in [0.1, 0.15) is 5.82 Å². The molecule has 1 aromatic heterocycles. The van der Waals surface area contributed by atoms with Crippen molar-refractivity contribution in [2.75, 3.05) is 6.54 Å². The lowest BCUT2D eigenvalue weighted by Gasteiger charge is -2.10. The van der Waals surface area contributed by atoms with Crippen LogP contribution >= 0.6 is 11.6 Å². The number of benzene rings is 2. The van der Waals surface area contributed by atoms with Crippen LogP contribution in [0.3, 0.4) is 0 Å². The molecule has 0 amide bonds. The third-order valence-electron chi connectivity index (χ3n) is 4.19. The maximum absolute atomic E-state index is 11.4. The van der Waals surface area contributed by atoms with Gasteiger partial charge in [0, 0.05) is 17.1 Å². The Morgan fingerprint density at radius 3 is 2.46 bits per heavy atom. The lowest BCUT2D eigenvalue weighted by atomic mass is 10.1. The predicted molar refractivity (Wildman–Crippen MR) is 105 cm³/mol. The highest BCUT2D eigenvalue weighted by Gasteiger charge is 2.16. The highest BCUT2D eigenvalue weighted by atomic mass is 35.5. The molecular formula is C18H21ClN4O2S. The van der Waals surface area contributed by atoms with Crippen molar-refractivity contribution in [2.45, 2.75) is 25.5 Å². The van der Waals surface area contributed by atoms with Crippen molar-refractivity contribution in [3.63, 3.8) is 0 Å². The number of hydrogen-bond donors (Lipinski definition) is 2. The standard InChI is InChI=1S/C18H21ClN4O2S/c1-2-18-22-16-9-13(11-26(21,24)25)15(19)10-17(16)23(18)14-5-3-12(4-6-14)7-8-20/h3-6,9-10H,2,7-8,11,20H2,1H3,(H2,21,24,25). The van der Waals surface area contributed by atoms with Gasteiger partial charge in [0.2, 0.25) is 10.0 Å². The Labute approximate surface area is 157 Å². The first-order valence-electron chi connectivity index (χ1n) is 8.32. The first-order valence-corrected chi connectivity index (χ1v) is 10.4. The van der Waals surface area contributed by atoms with Crippen molar-refractivity contribution >= 4 is 32.7 Å². The molecule has 0 spiro atoms. The summed E-state index contributed by atoms with van der Waals surface area (Å²) in [5.74, 6) is 0.555. The molecule has 0 bridgehead atoms. The van der Waals surface area contributed by atoms with E-state index in [1.54, 1.807) is 12.1 Å². The molecule has 0 atom stereocenters. The molecule has 0 saturated heterocycles. The highest BCUT2D eigenvalue weighted by Crippen LogP contribution is 2.28. The summed E-state index contributed by atoms with van der Waals surface area (Å²) in [6, 6.07) is 11.6. The van der Waals surface area contributed by atoms with Crippen molar-refractivity contribution in [1.29, 1.82) is 0 Å². The van der Waals surface area contributed by atoms with E-state index in [2.05, 4.69) is 4.98 Å². The normalized spacial score (nSPS) is 12.0. The Balaban J connectivity index is 2.14. The minimum Gasteiger partial charge on any atom is -0.330 e. The molecule has 4 N–H and O–H groups in total. The average molecular weight is 393 g/mol. The van der Waals surface area contributed by atoms with Crippen LogP contribution in [0.5, 0.6) is 0 Å². The number of primary sulfonamides is 1. The Morgan fingerprint density at radius 2 is 1.88 bits per heavy atom. The summed E-state index contributed by atoms with van der Waals surface area (Å²) >= 11 is 6.31. The minimum atomic E-state index is -3.67. The molecule has 0 saturated carbocycles. The second-order valence-corrected chi connectivity index (χ2v) is 8.18. The highest BCUT2D eigenvalue weighted by molar-refractivity contribution is 7.88. The summed E-state index contributed by atoms with van der Waals surface area (Å²) < 4.78 is 24.9. The number of imidazole rings is 1. The van der Waals surface area contributed by atoms with Gasteiger partial charge in [-0.05, 0) is 48.4 Å². The molecule has 2 aromatic carbocycles. The molecule has 26 heavy (non-hydrogen) atoms. The van der Waals surface area contributed by atoms with Gasteiger partial charge < -0.3 is 5.73 Å². The average Bonchev–Trinajstić information content (AvgIpc) is 2.92. The third-order valence-corrected chi connectivity index (χ3v) is 5.26. The molecule has 3 aromatic rings. The van der Waals surface area contributed by atoms with Crippen LogP contribution < -0.4 is 10.9 Å². The monoisotopic (exact) mass is 392 g/mol. The van der Waals surface area contributed by atoms with Crippen LogP contribution in [-0.2, 0) is 28.6 Å². The minimum absolute atomic E-state index is 0.316. The summed E-state index contributed by atoms with van der Waals surface area (Å²) in [6.45, 7) is 2.63. The van der Waals surface area contributed by atoms with Crippen molar-refractivity contribution in [2.24, 2.45) is 10.9 Å². The number of nitrogens with zero attached hydrogens (tertiary/aromatic N) is 2. The summed E-state index contributed by atoms with van der Waals surface area (Å²) in [5.41, 5.74) is 9.72. The first kappa shape index (κ1) is 18.8. The fourth-order valence-corrected chi connectivity index (χ4v) is 4.00. The molecule has 138 valence electrons. The van der Waals surface area contributed by atoms with E-state index in [4.69, 9.17) is 22.5 Å². The summed E-state index contributed by atoms with van der Waals surface area (Å²) in [4.78, 5) is 4.65. The molecule has 0 aliphatic heterocycles. The molecular weight excluding hydrogens is 372 g/mol. The molecule has 0 fully saturated rings. The lowest BCUT2D eigenvalue weighted by Crippen LogP contribution is -2.14. The number of sulfonamides is 1. The number of aryl methyl sites for hydroxylation is 1. The van der Waals surface area contributed by atoms with Gasteiger partial charge in [0.25, 0.3) is 0 Å². The Morgan fingerprint density at radius 1 is 1.19 bits per heavy atom. The number of aromatic nitrogens is 2. The van der Waals surface area contributed by atoms with Crippen LogP contribution in [0.2, 0.25) is 5.02 Å². The summed E-state index contributed by atoms with van der Waals surface area (Å²) in [7, 11) is -3.67. The molecule has 3 rings (SSSR count). The fourth-order valence-electron chi connectivity index (χ4n) is 3.02. The van der Waals surface area contributed by atoms with Crippen LogP contribution in [0.25, 0.3) is 16.7 Å². The smallest absolute Gasteiger partial charge is 0.213 e. The van der Waals surface area contributed by atoms with E-state index in [1.807, 2.05) is 35.8 Å². The lowest BCUT2D eigenvalue weighted by molar-refractivity contribution is 0.597. The van der Waals surface area contributed by atoms with E-state index >= 15 is 0 Å². The van der Waals surface area contributed by atoms with Gasteiger partial charge in [0.05, 0.1) is 16.8 Å². The quantitative estimate of drug-likeness (QED) is 0.672. The van der Waals surface area contributed by atoms with Gasteiger partial charge in [-0.3, -0.25) is 4.57 Å². The van der Waals surface area contributed by atoms with Crippen LogP contribution in [0.4, 0.5) is 0 Å². The molecule has 0 radical (unpaired) electrons. The van der Waals surface area contributed by atoms with Gasteiger partial charge in [0.15, 0.2) is 0 Å². The zero-order chi connectivity index (χ0) is 18.9. The van der Waals surface area contributed by atoms with Gasteiger partial charge in [-0.15, -0.1) is 0 Å². The zero-order valence-electron chi connectivity index (χ0n) is 14.4. The second kappa shape index (κ2) is 7.36. The van der Waals surface area contributed by atoms with Crippen LogP contribution in [0.1, 0.15) is 23.9 Å². The van der Waals surface area contributed by atoms with E-state index < -0.39 is 10.0 Å². The number of halogens is 1. The molecule has 0 aliphatic carbocycles. The number of nitrogens with two attached hydrogens (primary N) is 2. The molecule has 0 aliphatic rings. The molecule has 8 heteroatoms. The molecule has 6 nitrogen and oxygen atoms in total. The first-order chi connectivity index (χ1) is 12.3. The van der Waals surface area contributed by atoms with Gasteiger partial charge in [-0.2, -0.15) is 0 Å². The Bertz CT molecular complexity index is 1040. The van der Waals surface area contributed by atoms with Gasteiger partial charge in [-0.25, -0.2) is 18.5 Å². The van der Waals surface area contributed by atoms with Crippen LogP contribution in [0, 0.1) is 0 Å². The van der Waals surface area contributed by atoms with Crippen molar-refractivity contribution < 1.29 is 8.42 Å². The van der Waals surface area contributed by atoms with E-state index in [9.17, 15) is 8.42 Å². The predicted octanol–water partition coefficient (Wildman–Crippen LogP) is 2.53. The molecule has 0 unspecified atom stereocenters. The number of rotatable bonds is 6. The van der Waals surface area contributed by atoms with Crippen molar-refractivity contribution in [3.05, 3.63) is 58.4 Å². The van der Waals surface area contributed by atoms with Crippen molar-refractivity contribution in [3.8, 4) is 5.69 Å². The number of hydrogen-bond acceptors (Lipinski definition) is 4. The molecule has 1 heterocycles. The van der Waals surface area contributed by atoms with Crippen LogP contribution in [0.15, 0.2) is 36.4 Å². The van der Waals surface area contributed by atoms with E-state index in [-0.39, 0.29) is 5.75 Å².